The largest absolute Gasteiger partial charge is 0.282 e. The number of rotatable bonds is 3. The highest BCUT2D eigenvalue weighted by Crippen LogP contribution is 2.27. The van der Waals surface area contributed by atoms with Gasteiger partial charge in [0.2, 0.25) is 10.0 Å². The maximum Gasteiger partial charge on any atom is 0.236 e. The minimum atomic E-state index is -3.73. The summed E-state index contributed by atoms with van der Waals surface area (Å²) in [6.45, 7) is 1.84. The van der Waals surface area contributed by atoms with Gasteiger partial charge in [0, 0.05) is 0 Å². The highest BCUT2D eigenvalue weighted by atomic mass is 35.5. The Kier molecular flexibility index (Phi) is 3.81. The van der Waals surface area contributed by atoms with Crippen LogP contribution in [0.25, 0.3) is 0 Å². The fourth-order valence-electron chi connectivity index (χ4n) is 1.95. The number of benzene rings is 1. The van der Waals surface area contributed by atoms with Gasteiger partial charge in [-0.15, -0.1) is 0 Å². The normalized spacial score (nSPS) is 22.3. The van der Waals surface area contributed by atoms with Crippen molar-refractivity contribution in [1.82, 2.24) is 0 Å². The first-order valence-corrected chi connectivity index (χ1v) is 9.42. The summed E-state index contributed by atoms with van der Waals surface area (Å²) >= 11 is 5.95. The first-order chi connectivity index (χ1) is 8.70. The van der Waals surface area contributed by atoms with E-state index in [1.165, 1.54) is 0 Å². The summed E-state index contributed by atoms with van der Waals surface area (Å²) < 4.78 is 49.2. The van der Waals surface area contributed by atoms with Crippen molar-refractivity contribution in [3.8, 4) is 0 Å². The van der Waals surface area contributed by atoms with Gasteiger partial charge in [-0.05, 0) is 31.0 Å². The van der Waals surface area contributed by atoms with Gasteiger partial charge in [-0.2, -0.15) is 0 Å². The van der Waals surface area contributed by atoms with Gasteiger partial charge in [0.05, 0.1) is 27.5 Å². The Hall–Kier alpha value is -0.790. The molecule has 1 atom stereocenters. The molecule has 1 saturated heterocycles. The molecule has 1 heterocycles. The number of halogens is 1. The molecule has 106 valence electrons. The molecule has 5 nitrogen and oxygen atoms in total. The second-order valence-corrected chi connectivity index (χ2v) is 9.25. The van der Waals surface area contributed by atoms with Crippen molar-refractivity contribution in [2.75, 3.05) is 16.2 Å². The Bertz CT molecular complexity index is 697. The van der Waals surface area contributed by atoms with Crippen LogP contribution in [-0.2, 0) is 19.9 Å². The average Bonchev–Trinajstić information content (AvgIpc) is 2.64. The molecule has 8 heteroatoms. The number of hydrogen-bond donors (Lipinski definition) is 1. The number of sulfonamides is 1. The minimum absolute atomic E-state index is 0.0831. The van der Waals surface area contributed by atoms with E-state index < -0.39 is 25.1 Å². The van der Waals surface area contributed by atoms with Crippen LogP contribution in [0.3, 0.4) is 0 Å². The predicted molar refractivity (Wildman–Crippen MR) is 75.8 cm³/mol. The van der Waals surface area contributed by atoms with Crippen molar-refractivity contribution in [2.24, 2.45) is 0 Å². The van der Waals surface area contributed by atoms with Crippen LogP contribution >= 0.6 is 11.6 Å². The van der Waals surface area contributed by atoms with Gasteiger partial charge in [-0.3, -0.25) is 4.72 Å². The summed E-state index contributed by atoms with van der Waals surface area (Å²) in [6, 6.07) is 4.94. The predicted octanol–water partition coefficient (Wildman–Crippen LogP) is 1.58. The van der Waals surface area contributed by atoms with Gasteiger partial charge < -0.3 is 0 Å². The lowest BCUT2D eigenvalue weighted by molar-refractivity contribution is 0.587. The molecule has 0 saturated carbocycles. The third-order valence-electron chi connectivity index (χ3n) is 3.01. The van der Waals surface area contributed by atoms with E-state index in [4.69, 9.17) is 11.6 Å². The van der Waals surface area contributed by atoms with Crippen LogP contribution in [0.2, 0.25) is 5.02 Å². The maximum atomic E-state index is 12.1. The SMILES string of the molecule is Cc1ccc(NS(=O)(=O)C2CCS(=O)(=O)C2)c(Cl)c1. The molecule has 2 rings (SSSR count). The van der Waals surface area contributed by atoms with E-state index in [2.05, 4.69) is 4.72 Å². The molecule has 1 fully saturated rings. The maximum absolute atomic E-state index is 12.1. The van der Waals surface area contributed by atoms with Crippen LogP contribution < -0.4 is 4.72 Å². The number of nitrogens with one attached hydrogen (secondary N) is 1. The molecular formula is C11H14ClNO4S2. The molecule has 1 unspecified atom stereocenters. The Morgan fingerprint density at radius 3 is 2.58 bits per heavy atom. The molecule has 1 N–H and O–H groups in total. The monoisotopic (exact) mass is 323 g/mol. The standard InChI is InChI=1S/C11H14ClNO4S2/c1-8-2-3-11(10(12)6-8)13-19(16,17)9-4-5-18(14,15)7-9/h2-3,6,9,13H,4-5,7H2,1H3. The molecule has 1 aliphatic heterocycles. The van der Waals surface area contributed by atoms with E-state index >= 15 is 0 Å². The van der Waals surface area contributed by atoms with Crippen molar-refractivity contribution in [2.45, 2.75) is 18.6 Å². The second kappa shape index (κ2) is 4.96. The van der Waals surface area contributed by atoms with Gasteiger partial charge in [-0.25, -0.2) is 16.8 Å². The van der Waals surface area contributed by atoms with E-state index in [1.54, 1.807) is 18.2 Å². The molecule has 0 amide bonds. The lowest BCUT2D eigenvalue weighted by atomic mass is 10.2. The van der Waals surface area contributed by atoms with Crippen LogP contribution in [0.5, 0.6) is 0 Å². The van der Waals surface area contributed by atoms with E-state index in [9.17, 15) is 16.8 Å². The van der Waals surface area contributed by atoms with Crippen LogP contribution in [0.1, 0.15) is 12.0 Å². The first-order valence-electron chi connectivity index (χ1n) is 5.68. The summed E-state index contributed by atoms with van der Waals surface area (Å²) in [5.74, 6) is -0.411. The van der Waals surface area contributed by atoms with Crippen molar-refractivity contribution < 1.29 is 16.8 Å². The topological polar surface area (TPSA) is 80.3 Å². The van der Waals surface area contributed by atoms with E-state index in [1.807, 2.05) is 6.92 Å². The third kappa shape index (κ3) is 3.40. The molecule has 0 spiro atoms. The highest BCUT2D eigenvalue weighted by Gasteiger charge is 2.37. The molecule has 0 bridgehead atoms. The van der Waals surface area contributed by atoms with Gasteiger partial charge in [0.1, 0.15) is 0 Å². The van der Waals surface area contributed by atoms with E-state index in [0.29, 0.717) is 5.02 Å². The van der Waals surface area contributed by atoms with Crippen molar-refractivity contribution >= 4 is 37.1 Å². The van der Waals surface area contributed by atoms with Crippen molar-refractivity contribution in [3.63, 3.8) is 0 Å². The summed E-state index contributed by atoms with van der Waals surface area (Å²) in [5, 5.41) is -0.612. The van der Waals surface area contributed by atoms with Gasteiger partial charge in [-0.1, -0.05) is 17.7 Å². The van der Waals surface area contributed by atoms with Crippen LogP contribution in [0, 0.1) is 6.92 Å². The quantitative estimate of drug-likeness (QED) is 0.915. The molecule has 1 aromatic carbocycles. The summed E-state index contributed by atoms with van der Waals surface area (Å²) in [4.78, 5) is 0. The van der Waals surface area contributed by atoms with Gasteiger partial charge in [0.25, 0.3) is 0 Å². The van der Waals surface area contributed by atoms with E-state index in [0.717, 1.165) is 5.56 Å². The molecule has 0 aliphatic carbocycles. The van der Waals surface area contributed by atoms with E-state index in [-0.39, 0.29) is 23.6 Å². The summed E-state index contributed by atoms with van der Waals surface area (Å²) in [5.41, 5.74) is 1.19. The number of anilines is 1. The number of sulfone groups is 1. The molecular weight excluding hydrogens is 310 g/mol. The fraction of sp³-hybridized carbons (Fsp3) is 0.455. The Labute approximate surface area is 117 Å². The minimum Gasteiger partial charge on any atom is -0.282 e. The Morgan fingerprint density at radius 1 is 1.37 bits per heavy atom. The molecule has 0 aromatic heterocycles. The summed E-state index contributed by atoms with van der Waals surface area (Å²) in [6.07, 6.45) is 0.126. The molecule has 1 aliphatic rings. The average molecular weight is 324 g/mol. The Morgan fingerprint density at radius 2 is 2.05 bits per heavy atom. The number of aryl methyl sites for hydroxylation is 1. The summed E-state index contributed by atoms with van der Waals surface area (Å²) in [7, 11) is -6.97. The van der Waals surface area contributed by atoms with Crippen molar-refractivity contribution in [1.29, 1.82) is 0 Å². The van der Waals surface area contributed by atoms with Crippen LogP contribution in [-0.4, -0.2) is 33.6 Å². The van der Waals surface area contributed by atoms with Crippen molar-refractivity contribution in [3.05, 3.63) is 28.8 Å². The number of hydrogen-bond acceptors (Lipinski definition) is 4. The zero-order valence-electron chi connectivity index (χ0n) is 10.3. The van der Waals surface area contributed by atoms with Gasteiger partial charge >= 0.3 is 0 Å². The third-order valence-corrected chi connectivity index (χ3v) is 7.08. The molecule has 1 aromatic rings. The van der Waals surface area contributed by atoms with Gasteiger partial charge in [0.15, 0.2) is 9.84 Å². The molecule has 0 radical (unpaired) electrons. The first kappa shape index (κ1) is 14.6. The molecule has 19 heavy (non-hydrogen) atoms. The highest BCUT2D eigenvalue weighted by molar-refractivity contribution is 7.97. The zero-order chi connectivity index (χ0) is 14.3. The lowest BCUT2D eigenvalue weighted by Crippen LogP contribution is -2.28. The van der Waals surface area contributed by atoms with Crippen LogP contribution in [0.4, 0.5) is 5.69 Å². The Balaban J connectivity index is 2.23. The second-order valence-electron chi connectivity index (χ2n) is 4.66. The lowest BCUT2D eigenvalue weighted by Gasteiger charge is -2.13. The fourth-order valence-corrected chi connectivity index (χ4v) is 6.39. The smallest absolute Gasteiger partial charge is 0.236 e. The zero-order valence-corrected chi connectivity index (χ0v) is 12.6. The van der Waals surface area contributed by atoms with Crippen LogP contribution in [0.15, 0.2) is 18.2 Å².